The Balaban J connectivity index is 2.00. The molecule has 1 heterocycles. The molecule has 1 saturated heterocycles. The molecule has 0 bridgehead atoms. The zero-order valence-corrected chi connectivity index (χ0v) is 17.7. The monoisotopic (exact) mass is 443 g/mol. The highest BCUT2D eigenvalue weighted by Gasteiger charge is 2.29. The van der Waals surface area contributed by atoms with E-state index in [-0.39, 0.29) is 37.7 Å². The van der Waals surface area contributed by atoms with Crippen LogP contribution in [0.5, 0.6) is 5.75 Å². The van der Waals surface area contributed by atoms with Crippen LogP contribution in [0.1, 0.15) is 21.5 Å². The standard InChI is InChI=1S/C19H19Cl2NO5S/c1-12-11-15(20)13(2)18(17(12)21)28(24,25)27-16-6-4-3-5-14(16)19(23)22-7-9-26-10-8-22/h3-6,11H,7-10H2,1-2H3. The van der Waals surface area contributed by atoms with E-state index in [0.717, 1.165) is 0 Å². The number of para-hydroxylation sites is 1. The summed E-state index contributed by atoms with van der Waals surface area (Å²) >= 11 is 12.4. The number of ether oxygens (including phenoxy) is 1. The summed E-state index contributed by atoms with van der Waals surface area (Å²) in [4.78, 5) is 14.2. The number of hydrogen-bond donors (Lipinski definition) is 0. The van der Waals surface area contributed by atoms with E-state index in [9.17, 15) is 13.2 Å². The number of morpholine rings is 1. The van der Waals surface area contributed by atoms with Crippen LogP contribution in [0.25, 0.3) is 0 Å². The van der Waals surface area contributed by atoms with E-state index < -0.39 is 10.1 Å². The van der Waals surface area contributed by atoms with E-state index in [0.29, 0.717) is 31.9 Å². The van der Waals surface area contributed by atoms with Gasteiger partial charge in [-0.05, 0) is 43.2 Å². The highest BCUT2D eigenvalue weighted by atomic mass is 35.5. The first-order valence-electron chi connectivity index (χ1n) is 8.58. The summed E-state index contributed by atoms with van der Waals surface area (Å²) in [7, 11) is -4.32. The van der Waals surface area contributed by atoms with Crippen molar-refractivity contribution in [2.45, 2.75) is 18.7 Å². The molecule has 0 radical (unpaired) electrons. The van der Waals surface area contributed by atoms with Gasteiger partial charge in [-0.1, -0.05) is 35.3 Å². The van der Waals surface area contributed by atoms with Crippen LogP contribution in [-0.4, -0.2) is 45.5 Å². The van der Waals surface area contributed by atoms with Gasteiger partial charge in [0.05, 0.1) is 23.8 Å². The van der Waals surface area contributed by atoms with Gasteiger partial charge in [-0.3, -0.25) is 4.79 Å². The summed E-state index contributed by atoms with van der Waals surface area (Å²) in [5, 5.41) is 0.306. The summed E-state index contributed by atoms with van der Waals surface area (Å²) in [6.07, 6.45) is 0. The molecule has 0 N–H and O–H groups in total. The first-order valence-corrected chi connectivity index (χ1v) is 10.7. The molecule has 3 rings (SSSR count). The third-order valence-corrected chi connectivity index (χ3v) is 6.85. The Hall–Kier alpha value is -1.80. The fourth-order valence-corrected chi connectivity index (χ4v) is 5.05. The molecule has 0 spiro atoms. The number of hydrogen-bond acceptors (Lipinski definition) is 5. The van der Waals surface area contributed by atoms with Gasteiger partial charge in [0.25, 0.3) is 5.91 Å². The van der Waals surface area contributed by atoms with Crippen LogP contribution in [0.4, 0.5) is 0 Å². The number of halogens is 2. The third kappa shape index (κ3) is 4.12. The zero-order valence-electron chi connectivity index (χ0n) is 15.4. The van der Waals surface area contributed by atoms with Crippen molar-refractivity contribution in [3.05, 3.63) is 57.1 Å². The summed E-state index contributed by atoms with van der Waals surface area (Å²) in [5.74, 6) is -0.383. The molecule has 2 aromatic rings. The molecule has 0 saturated carbocycles. The number of aryl methyl sites for hydroxylation is 1. The number of carbonyl (C=O) groups is 1. The Morgan fingerprint density at radius 2 is 1.79 bits per heavy atom. The number of amides is 1. The van der Waals surface area contributed by atoms with Crippen molar-refractivity contribution in [3.63, 3.8) is 0 Å². The maximum absolute atomic E-state index is 13.0. The lowest BCUT2D eigenvalue weighted by Crippen LogP contribution is -2.40. The summed E-state index contributed by atoms with van der Waals surface area (Å²) in [6, 6.07) is 7.80. The lowest BCUT2D eigenvalue weighted by molar-refractivity contribution is 0.0302. The average Bonchev–Trinajstić information content (AvgIpc) is 2.67. The van der Waals surface area contributed by atoms with Crippen LogP contribution in [0, 0.1) is 13.8 Å². The molecule has 6 nitrogen and oxygen atoms in total. The Bertz CT molecular complexity index is 991. The van der Waals surface area contributed by atoms with Crippen LogP contribution in [-0.2, 0) is 14.9 Å². The van der Waals surface area contributed by atoms with Gasteiger partial charge in [0.15, 0.2) is 5.75 Å². The molecule has 0 aliphatic carbocycles. The van der Waals surface area contributed by atoms with Gasteiger partial charge < -0.3 is 13.8 Å². The van der Waals surface area contributed by atoms with Crippen LogP contribution in [0.3, 0.4) is 0 Å². The molecule has 150 valence electrons. The lowest BCUT2D eigenvalue weighted by atomic mass is 10.1. The highest BCUT2D eigenvalue weighted by Crippen LogP contribution is 2.35. The first-order chi connectivity index (χ1) is 13.2. The lowest BCUT2D eigenvalue weighted by Gasteiger charge is -2.27. The minimum atomic E-state index is -4.32. The van der Waals surface area contributed by atoms with E-state index in [2.05, 4.69) is 0 Å². The fraction of sp³-hybridized carbons (Fsp3) is 0.316. The molecule has 28 heavy (non-hydrogen) atoms. The van der Waals surface area contributed by atoms with Crippen LogP contribution >= 0.6 is 23.2 Å². The minimum Gasteiger partial charge on any atom is -0.378 e. The predicted molar refractivity (Wildman–Crippen MR) is 107 cm³/mol. The van der Waals surface area contributed by atoms with Gasteiger partial charge in [0.2, 0.25) is 0 Å². The summed E-state index contributed by atoms with van der Waals surface area (Å²) in [5.41, 5.74) is 0.951. The molecule has 1 amide bonds. The van der Waals surface area contributed by atoms with Gasteiger partial charge in [-0.25, -0.2) is 0 Å². The second-order valence-corrected chi connectivity index (χ2v) is 8.65. The second kappa shape index (κ2) is 8.29. The topological polar surface area (TPSA) is 72.9 Å². The largest absolute Gasteiger partial charge is 0.378 e. The maximum atomic E-state index is 13.0. The van der Waals surface area contributed by atoms with Crippen molar-refractivity contribution in [1.82, 2.24) is 4.90 Å². The van der Waals surface area contributed by atoms with Crippen molar-refractivity contribution in [2.75, 3.05) is 26.3 Å². The van der Waals surface area contributed by atoms with E-state index in [1.54, 1.807) is 36.9 Å². The highest BCUT2D eigenvalue weighted by molar-refractivity contribution is 7.87. The number of benzene rings is 2. The molecule has 2 aromatic carbocycles. The molecule has 1 aliphatic rings. The van der Waals surface area contributed by atoms with Crippen molar-refractivity contribution in [3.8, 4) is 5.75 Å². The van der Waals surface area contributed by atoms with Gasteiger partial charge >= 0.3 is 10.1 Å². The van der Waals surface area contributed by atoms with Crippen LogP contribution in [0.15, 0.2) is 35.2 Å². The SMILES string of the molecule is Cc1cc(Cl)c(C)c(S(=O)(=O)Oc2ccccc2C(=O)N2CCOCC2)c1Cl. The Kier molecular flexibility index (Phi) is 6.19. The van der Waals surface area contributed by atoms with Crippen LogP contribution in [0.2, 0.25) is 10.0 Å². The fourth-order valence-electron chi connectivity index (χ4n) is 2.92. The molecule has 0 atom stereocenters. The van der Waals surface area contributed by atoms with Crippen molar-refractivity contribution in [1.29, 1.82) is 0 Å². The summed E-state index contributed by atoms with van der Waals surface area (Å²) < 4.78 is 36.6. The van der Waals surface area contributed by atoms with Gasteiger partial charge in [-0.15, -0.1) is 0 Å². The zero-order chi connectivity index (χ0) is 20.5. The minimum absolute atomic E-state index is 0.0406. The molecular formula is C19H19Cl2NO5S. The second-order valence-electron chi connectivity index (χ2n) is 6.38. The van der Waals surface area contributed by atoms with Crippen molar-refractivity contribution in [2.24, 2.45) is 0 Å². The molecule has 0 aromatic heterocycles. The molecule has 9 heteroatoms. The quantitative estimate of drug-likeness (QED) is 0.670. The predicted octanol–water partition coefficient (Wildman–Crippen LogP) is 3.85. The van der Waals surface area contributed by atoms with E-state index in [1.165, 1.54) is 12.1 Å². The molecule has 0 unspecified atom stereocenters. The molecule has 1 fully saturated rings. The number of rotatable bonds is 4. The van der Waals surface area contributed by atoms with E-state index >= 15 is 0 Å². The van der Waals surface area contributed by atoms with Crippen molar-refractivity contribution >= 4 is 39.2 Å². The van der Waals surface area contributed by atoms with Gasteiger partial charge in [-0.2, -0.15) is 8.42 Å². The number of carbonyl (C=O) groups excluding carboxylic acids is 1. The number of nitrogens with zero attached hydrogens (tertiary/aromatic N) is 1. The smallest absolute Gasteiger partial charge is 0.341 e. The Labute approximate surface area is 174 Å². The van der Waals surface area contributed by atoms with Gasteiger partial charge in [0.1, 0.15) is 4.90 Å². The Morgan fingerprint density at radius 3 is 2.46 bits per heavy atom. The van der Waals surface area contributed by atoms with E-state index in [1.807, 2.05) is 0 Å². The van der Waals surface area contributed by atoms with E-state index in [4.69, 9.17) is 32.1 Å². The third-order valence-electron chi connectivity index (χ3n) is 4.45. The van der Waals surface area contributed by atoms with Gasteiger partial charge in [0, 0.05) is 18.1 Å². The molecular weight excluding hydrogens is 425 g/mol. The summed E-state index contributed by atoms with van der Waals surface area (Å²) in [6.45, 7) is 4.93. The molecule has 1 aliphatic heterocycles. The first kappa shape index (κ1) is 20.9. The van der Waals surface area contributed by atoms with Crippen molar-refractivity contribution < 1.29 is 22.1 Å². The average molecular weight is 444 g/mol. The van der Waals surface area contributed by atoms with Crippen LogP contribution < -0.4 is 4.18 Å². The normalized spacial score (nSPS) is 14.8. The Morgan fingerprint density at radius 1 is 1.14 bits per heavy atom. The maximum Gasteiger partial charge on any atom is 0.341 e.